The molecule has 1 aromatic rings. The third-order valence-corrected chi connectivity index (χ3v) is 5.97. The summed E-state index contributed by atoms with van der Waals surface area (Å²) in [4.78, 5) is 2.70. The molecule has 21 heavy (non-hydrogen) atoms. The molecule has 1 N–H and O–H groups in total. The number of nitrogens with one attached hydrogen (secondary N) is 1. The van der Waals surface area contributed by atoms with Gasteiger partial charge in [0.15, 0.2) is 0 Å². The van der Waals surface area contributed by atoms with Gasteiger partial charge in [0.25, 0.3) is 10.0 Å². The van der Waals surface area contributed by atoms with Gasteiger partial charge >= 0.3 is 0 Å². The van der Waals surface area contributed by atoms with Gasteiger partial charge in [-0.2, -0.15) is 13.5 Å². The van der Waals surface area contributed by atoms with Crippen LogP contribution in [0.5, 0.6) is 0 Å². The van der Waals surface area contributed by atoms with E-state index in [1.165, 1.54) is 19.3 Å². The van der Waals surface area contributed by atoms with Crippen LogP contribution < -0.4 is 4.83 Å². The second-order valence-electron chi connectivity index (χ2n) is 6.20. The summed E-state index contributed by atoms with van der Waals surface area (Å²) < 4.78 is 24.5. The lowest BCUT2D eigenvalue weighted by Gasteiger charge is -2.24. The fourth-order valence-electron chi connectivity index (χ4n) is 3.54. The molecule has 2 saturated carbocycles. The van der Waals surface area contributed by atoms with Gasteiger partial charge in [0.05, 0.1) is 4.90 Å². The third-order valence-electron chi connectivity index (χ3n) is 4.75. The molecule has 1 aromatic carbocycles. The van der Waals surface area contributed by atoms with E-state index in [4.69, 9.17) is 0 Å². The van der Waals surface area contributed by atoms with Gasteiger partial charge in [-0.3, -0.25) is 0 Å². The maximum absolute atomic E-state index is 12.2. The fraction of sp³-hybridized carbons (Fsp3) is 0.562. The number of sulfonamides is 1. The Kier molecular flexibility index (Phi) is 4.02. The Morgan fingerprint density at radius 1 is 1.10 bits per heavy atom. The van der Waals surface area contributed by atoms with Crippen LogP contribution in [-0.4, -0.2) is 14.1 Å². The number of hydrazone groups is 1. The smallest absolute Gasteiger partial charge is 0.200 e. The average molecular weight is 306 g/mol. The molecule has 3 rings (SSSR count). The summed E-state index contributed by atoms with van der Waals surface area (Å²) in [6.45, 7) is 1.94. The van der Waals surface area contributed by atoms with Crippen molar-refractivity contribution in [3.8, 4) is 0 Å². The second kappa shape index (κ2) is 5.79. The highest BCUT2D eigenvalue weighted by Gasteiger charge is 2.34. The van der Waals surface area contributed by atoms with E-state index < -0.39 is 10.0 Å². The molecular formula is C16H22N2O2S. The molecular weight excluding hydrogens is 284 g/mol. The predicted octanol–water partition coefficient (Wildman–Crippen LogP) is 3.23. The van der Waals surface area contributed by atoms with Crippen molar-refractivity contribution in [3.05, 3.63) is 29.8 Å². The molecule has 0 heterocycles. The van der Waals surface area contributed by atoms with Crippen LogP contribution in [0.3, 0.4) is 0 Å². The van der Waals surface area contributed by atoms with E-state index in [9.17, 15) is 8.42 Å². The van der Waals surface area contributed by atoms with E-state index in [1.54, 1.807) is 24.3 Å². The quantitative estimate of drug-likeness (QED) is 0.872. The second-order valence-corrected chi connectivity index (χ2v) is 7.86. The van der Waals surface area contributed by atoms with Crippen LogP contribution in [0.15, 0.2) is 34.3 Å². The molecule has 0 radical (unpaired) electrons. The molecule has 2 atom stereocenters. The van der Waals surface area contributed by atoms with Crippen molar-refractivity contribution < 1.29 is 8.42 Å². The van der Waals surface area contributed by atoms with Crippen LogP contribution in [0.2, 0.25) is 0 Å². The first-order valence-corrected chi connectivity index (χ1v) is 9.19. The van der Waals surface area contributed by atoms with Crippen molar-refractivity contribution in [2.75, 3.05) is 0 Å². The highest BCUT2D eigenvalue weighted by atomic mass is 32.2. The molecule has 0 amide bonds. The average Bonchev–Trinajstić information content (AvgIpc) is 2.89. The predicted molar refractivity (Wildman–Crippen MR) is 83.6 cm³/mol. The molecule has 2 fully saturated rings. The van der Waals surface area contributed by atoms with E-state index >= 15 is 0 Å². The van der Waals surface area contributed by atoms with Crippen LogP contribution in [0.25, 0.3) is 0 Å². The van der Waals surface area contributed by atoms with Gasteiger partial charge in [0, 0.05) is 11.6 Å². The minimum atomic E-state index is -3.54. The van der Waals surface area contributed by atoms with Gasteiger partial charge in [0.1, 0.15) is 0 Å². The summed E-state index contributed by atoms with van der Waals surface area (Å²) >= 11 is 0. The van der Waals surface area contributed by atoms with Crippen LogP contribution in [-0.2, 0) is 10.0 Å². The summed E-state index contributed by atoms with van der Waals surface area (Å²) in [7, 11) is -3.54. The molecule has 2 aliphatic carbocycles. The van der Waals surface area contributed by atoms with Crippen molar-refractivity contribution in [2.24, 2.45) is 16.9 Å². The van der Waals surface area contributed by atoms with E-state index in [-0.39, 0.29) is 4.90 Å². The van der Waals surface area contributed by atoms with Crippen LogP contribution in [0.1, 0.15) is 44.1 Å². The molecule has 0 bridgehead atoms. The molecule has 0 aromatic heterocycles. The van der Waals surface area contributed by atoms with Gasteiger partial charge in [-0.25, -0.2) is 4.83 Å². The van der Waals surface area contributed by atoms with Crippen molar-refractivity contribution in [1.82, 2.24) is 4.83 Å². The fourth-order valence-corrected chi connectivity index (χ4v) is 4.38. The Morgan fingerprint density at radius 2 is 1.81 bits per heavy atom. The van der Waals surface area contributed by atoms with Crippen LogP contribution >= 0.6 is 0 Å². The number of hydrogen-bond donors (Lipinski definition) is 1. The normalized spacial score (nSPS) is 27.6. The van der Waals surface area contributed by atoms with Crippen molar-refractivity contribution in [2.45, 2.75) is 50.3 Å². The van der Waals surface area contributed by atoms with Gasteiger partial charge in [-0.05, 0) is 50.7 Å². The number of rotatable bonds is 3. The van der Waals surface area contributed by atoms with Crippen LogP contribution in [0.4, 0.5) is 0 Å². The first-order valence-electron chi connectivity index (χ1n) is 7.71. The number of aryl methyl sites for hydroxylation is 1. The lowest BCUT2D eigenvalue weighted by Crippen LogP contribution is -2.24. The SMILES string of the molecule is Cc1ccc(S(=O)(=O)N/N=C2/CCC3CCCCC23)cc1. The summed E-state index contributed by atoms with van der Waals surface area (Å²) in [5, 5.41) is 4.26. The van der Waals surface area contributed by atoms with Gasteiger partial charge < -0.3 is 0 Å². The largest absolute Gasteiger partial charge is 0.276 e. The van der Waals surface area contributed by atoms with Crippen molar-refractivity contribution >= 4 is 15.7 Å². The zero-order chi connectivity index (χ0) is 14.9. The molecule has 4 nitrogen and oxygen atoms in total. The number of fused-ring (bicyclic) bond motifs is 1. The summed E-state index contributed by atoms with van der Waals surface area (Å²) in [6.07, 6.45) is 7.08. The standard InChI is InChI=1S/C16H22N2O2S/c1-12-6-9-14(10-7-12)21(19,20)18-17-16-11-8-13-4-2-3-5-15(13)16/h6-7,9-10,13,15,18H,2-5,8,11H2,1H3/b17-16-. The molecule has 114 valence electrons. The van der Waals surface area contributed by atoms with E-state index in [1.807, 2.05) is 6.92 Å². The Morgan fingerprint density at radius 3 is 2.57 bits per heavy atom. The number of nitrogens with zero attached hydrogens (tertiary/aromatic N) is 1. The summed E-state index contributed by atoms with van der Waals surface area (Å²) in [5.41, 5.74) is 2.09. The summed E-state index contributed by atoms with van der Waals surface area (Å²) in [6, 6.07) is 6.84. The van der Waals surface area contributed by atoms with E-state index in [2.05, 4.69) is 9.93 Å². The Labute approximate surface area is 126 Å². The maximum atomic E-state index is 12.2. The topological polar surface area (TPSA) is 58.5 Å². The zero-order valence-electron chi connectivity index (χ0n) is 12.4. The highest BCUT2D eigenvalue weighted by Crippen LogP contribution is 2.40. The first-order chi connectivity index (χ1) is 10.1. The van der Waals surface area contributed by atoms with E-state index in [0.29, 0.717) is 5.92 Å². The zero-order valence-corrected chi connectivity index (χ0v) is 13.2. The van der Waals surface area contributed by atoms with E-state index in [0.717, 1.165) is 36.5 Å². The van der Waals surface area contributed by atoms with Crippen molar-refractivity contribution in [1.29, 1.82) is 0 Å². The van der Waals surface area contributed by atoms with Crippen LogP contribution in [0, 0.1) is 18.8 Å². The number of benzene rings is 1. The lowest BCUT2D eigenvalue weighted by atomic mass is 9.81. The monoisotopic (exact) mass is 306 g/mol. The Hall–Kier alpha value is -1.36. The Balaban J connectivity index is 1.74. The molecule has 2 aliphatic rings. The molecule has 5 heteroatoms. The van der Waals surface area contributed by atoms with Gasteiger partial charge in [-0.15, -0.1) is 0 Å². The minimum Gasteiger partial charge on any atom is -0.200 e. The minimum absolute atomic E-state index is 0.274. The van der Waals surface area contributed by atoms with Gasteiger partial charge in [-0.1, -0.05) is 30.5 Å². The molecule has 0 saturated heterocycles. The molecule has 0 aliphatic heterocycles. The number of hydrogen-bond acceptors (Lipinski definition) is 3. The molecule has 0 spiro atoms. The molecule has 2 unspecified atom stereocenters. The van der Waals surface area contributed by atoms with Gasteiger partial charge in [0.2, 0.25) is 0 Å². The maximum Gasteiger partial charge on any atom is 0.276 e. The van der Waals surface area contributed by atoms with Crippen molar-refractivity contribution in [3.63, 3.8) is 0 Å². The summed E-state index contributed by atoms with van der Waals surface area (Å²) in [5.74, 6) is 1.22. The third kappa shape index (κ3) is 3.12. The Bertz CT molecular complexity index is 635. The highest BCUT2D eigenvalue weighted by molar-refractivity contribution is 7.89. The lowest BCUT2D eigenvalue weighted by molar-refractivity contribution is 0.317. The first kappa shape index (κ1) is 14.6.